The lowest BCUT2D eigenvalue weighted by Gasteiger charge is -2.12. The first-order chi connectivity index (χ1) is 10.1. The maximum atomic E-state index is 12.2. The van der Waals surface area contributed by atoms with Crippen molar-refractivity contribution in [3.63, 3.8) is 0 Å². The van der Waals surface area contributed by atoms with Crippen LogP contribution in [0.2, 0.25) is 0 Å². The van der Waals surface area contributed by atoms with Crippen LogP contribution in [0.4, 0.5) is 0 Å². The van der Waals surface area contributed by atoms with Crippen LogP contribution < -0.4 is 15.0 Å². The third kappa shape index (κ3) is 4.75. The molecule has 1 aliphatic carbocycles. The Bertz CT molecular complexity index is 579. The molecule has 0 spiro atoms. The molecule has 21 heavy (non-hydrogen) atoms. The molecule has 5 nitrogen and oxygen atoms in total. The first kappa shape index (κ1) is 15.9. The van der Waals surface area contributed by atoms with E-state index in [0.29, 0.717) is 12.4 Å². The Labute approximate surface area is 126 Å². The molecule has 2 rings (SSSR count). The number of sulfonamides is 1. The number of hydrazine groups is 1. The molecule has 0 bridgehead atoms. The second-order valence-electron chi connectivity index (χ2n) is 4.96. The van der Waals surface area contributed by atoms with E-state index in [0.717, 1.165) is 31.4 Å². The van der Waals surface area contributed by atoms with E-state index in [9.17, 15) is 8.42 Å². The Morgan fingerprint density at radius 3 is 2.62 bits per heavy atom. The third-order valence-corrected chi connectivity index (χ3v) is 4.60. The summed E-state index contributed by atoms with van der Waals surface area (Å²) >= 11 is 0. The van der Waals surface area contributed by atoms with E-state index in [-0.39, 0.29) is 4.90 Å². The van der Waals surface area contributed by atoms with Gasteiger partial charge in [-0.2, -0.15) is 0 Å². The van der Waals surface area contributed by atoms with Crippen molar-refractivity contribution in [3.8, 4) is 5.75 Å². The molecule has 0 saturated carbocycles. The molecule has 1 aromatic carbocycles. The standard InChI is InChI=1S/C15H22N2O3S/c1-2-20-14-9-11-15(12-10-14)21(18,19)17-16-13-7-5-3-4-6-8-13/h7,9-12,16-17H,2-6,8H2,1H3. The molecule has 0 radical (unpaired) electrons. The molecule has 116 valence electrons. The zero-order valence-corrected chi connectivity index (χ0v) is 13.1. The van der Waals surface area contributed by atoms with Crippen LogP contribution in [0.1, 0.15) is 39.0 Å². The van der Waals surface area contributed by atoms with Crippen molar-refractivity contribution < 1.29 is 13.2 Å². The quantitative estimate of drug-likeness (QED) is 0.793. The summed E-state index contributed by atoms with van der Waals surface area (Å²) in [6, 6.07) is 6.39. The molecule has 1 aromatic rings. The molecule has 0 heterocycles. The topological polar surface area (TPSA) is 67.4 Å². The van der Waals surface area contributed by atoms with Crippen molar-refractivity contribution in [1.29, 1.82) is 0 Å². The smallest absolute Gasteiger partial charge is 0.257 e. The Balaban J connectivity index is 1.99. The number of benzene rings is 1. The highest BCUT2D eigenvalue weighted by molar-refractivity contribution is 7.89. The molecule has 0 saturated heterocycles. The lowest BCUT2D eigenvalue weighted by atomic mass is 10.2. The average molecular weight is 310 g/mol. The van der Waals surface area contributed by atoms with Crippen molar-refractivity contribution in [1.82, 2.24) is 10.3 Å². The number of allylic oxidation sites excluding steroid dienone is 2. The number of rotatable bonds is 6. The van der Waals surface area contributed by atoms with Gasteiger partial charge < -0.3 is 10.2 Å². The van der Waals surface area contributed by atoms with Crippen molar-refractivity contribution >= 4 is 10.0 Å². The summed E-state index contributed by atoms with van der Waals surface area (Å²) in [4.78, 5) is 2.65. The monoisotopic (exact) mass is 310 g/mol. The summed E-state index contributed by atoms with van der Waals surface area (Å²) in [5, 5.41) is 0. The van der Waals surface area contributed by atoms with E-state index in [1.807, 2.05) is 6.92 Å². The van der Waals surface area contributed by atoms with Crippen molar-refractivity contribution in [2.24, 2.45) is 0 Å². The number of ether oxygens (including phenoxy) is 1. The first-order valence-corrected chi connectivity index (χ1v) is 8.80. The summed E-state index contributed by atoms with van der Waals surface area (Å²) in [6.07, 6.45) is 7.38. The Morgan fingerprint density at radius 2 is 1.90 bits per heavy atom. The summed E-state index contributed by atoms with van der Waals surface area (Å²) in [6.45, 7) is 2.44. The summed E-state index contributed by atoms with van der Waals surface area (Å²) in [5.74, 6) is 0.663. The maximum Gasteiger partial charge on any atom is 0.257 e. The van der Waals surface area contributed by atoms with Gasteiger partial charge in [-0.1, -0.05) is 12.5 Å². The van der Waals surface area contributed by atoms with Gasteiger partial charge in [-0.05, 0) is 56.9 Å². The molecule has 0 aliphatic heterocycles. The first-order valence-electron chi connectivity index (χ1n) is 7.31. The van der Waals surface area contributed by atoms with Crippen LogP contribution >= 0.6 is 0 Å². The van der Waals surface area contributed by atoms with Crippen LogP contribution in [0.5, 0.6) is 5.75 Å². The second kappa shape index (κ2) is 7.47. The second-order valence-corrected chi connectivity index (χ2v) is 6.65. The normalized spacial score (nSPS) is 16.0. The Morgan fingerprint density at radius 1 is 1.14 bits per heavy atom. The fraction of sp³-hybridized carbons (Fsp3) is 0.467. The lowest BCUT2D eigenvalue weighted by molar-refractivity contribution is 0.340. The summed E-state index contributed by atoms with van der Waals surface area (Å²) < 4.78 is 29.7. The zero-order chi connectivity index (χ0) is 15.1. The van der Waals surface area contributed by atoms with Crippen molar-refractivity contribution in [2.45, 2.75) is 43.9 Å². The summed E-state index contributed by atoms with van der Waals surface area (Å²) in [7, 11) is -3.56. The summed E-state index contributed by atoms with van der Waals surface area (Å²) in [5.41, 5.74) is 3.78. The van der Waals surface area contributed by atoms with Gasteiger partial charge in [0.05, 0.1) is 11.5 Å². The van der Waals surface area contributed by atoms with E-state index in [2.05, 4.69) is 16.3 Å². The number of hydrogen-bond donors (Lipinski definition) is 2. The molecule has 0 amide bonds. The fourth-order valence-corrected chi connectivity index (χ4v) is 3.08. The van der Waals surface area contributed by atoms with E-state index >= 15 is 0 Å². The maximum absolute atomic E-state index is 12.2. The van der Waals surface area contributed by atoms with Gasteiger partial charge >= 0.3 is 0 Å². The highest BCUT2D eigenvalue weighted by Crippen LogP contribution is 2.17. The molecular formula is C15H22N2O3S. The van der Waals surface area contributed by atoms with Gasteiger partial charge in [0, 0.05) is 5.70 Å². The molecule has 0 unspecified atom stereocenters. The van der Waals surface area contributed by atoms with Crippen LogP contribution in [-0.4, -0.2) is 15.0 Å². The molecule has 0 atom stereocenters. The average Bonchev–Trinajstić information content (AvgIpc) is 2.75. The molecule has 0 fully saturated rings. The van der Waals surface area contributed by atoms with Crippen molar-refractivity contribution in [2.75, 3.05) is 6.61 Å². The SMILES string of the molecule is CCOc1ccc(S(=O)(=O)NNC2=CCCCCC2)cc1. The minimum absolute atomic E-state index is 0.215. The third-order valence-electron chi connectivity index (χ3n) is 3.33. The van der Waals surface area contributed by atoms with E-state index in [1.54, 1.807) is 12.1 Å². The minimum Gasteiger partial charge on any atom is -0.494 e. The Kier molecular flexibility index (Phi) is 5.64. The number of hydrogen-bond acceptors (Lipinski definition) is 4. The fourth-order valence-electron chi connectivity index (χ4n) is 2.20. The van der Waals surface area contributed by atoms with Gasteiger partial charge in [0.1, 0.15) is 5.75 Å². The van der Waals surface area contributed by atoms with Gasteiger partial charge in [-0.3, -0.25) is 0 Å². The van der Waals surface area contributed by atoms with Crippen molar-refractivity contribution in [3.05, 3.63) is 36.0 Å². The molecule has 6 heteroatoms. The van der Waals surface area contributed by atoms with Crippen LogP contribution in [0.3, 0.4) is 0 Å². The van der Waals surface area contributed by atoms with E-state index in [1.165, 1.54) is 18.6 Å². The van der Waals surface area contributed by atoms with Crippen LogP contribution in [-0.2, 0) is 10.0 Å². The molecule has 2 N–H and O–H groups in total. The zero-order valence-electron chi connectivity index (χ0n) is 12.3. The van der Waals surface area contributed by atoms with E-state index < -0.39 is 10.0 Å². The van der Waals surface area contributed by atoms with Crippen LogP contribution in [0.15, 0.2) is 40.9 Å². The minimum atomic E-state index is -3.56. The highest BCUT2D eigenvalue weighted by atomic mass is 32.2. The van der Waals surface area contributed by atoms with Gasteiger partial charge in [-0.15, -0.1) is 4.83 Å². The van der Waals surface area contributed by atoms with Gasteiger partial charge in [0.2, 0.25) is 0 Å². The largest absolute Gasteiger partial charge is 0.494 e. The molecule has 1 aliphatic rings. The predicted octanol–water partition coefficient (Wildman–Crippen LogP) is 2.72. The molecule has 0 aromatic heterocycles. The Hall–Kier alpha value is -1.53. The van der Waals surface area contributed by atoms with Gasteiger partial charge in [-0.25, -0.2) is 8.42 Å². The highest BCUT2D eigenvalue weighted by Gasteiger charge is 2.14. The van der Waals surface area contributed by atoms with Gasteiger partial charge in [0.15, 0.2) is 0 Å². The predicted molar refractivity (Wildman–Crippen MR) is 82.2 cm³/mol. The molecular weight excluding hydrogens is 288 g/mol. The van der Waals surface area contributed by atoms with Gasteiger partial charge in [0.25, 0.3) is 10.0 Å². The number of nitrogens with one attached hydrogen (secondary N) is 2. The van der Waals surface area contributed by atoms with E-state index in [4.69, 9.17) is 4.74 Å². The lowest BCUT2D eigenvalue weighted by Crippen LogP contribution is -2.36. The van der Waals surface area contributed by atoms with Crippen LogP contribution in [0, 0.1) is 0 Å². The van der Waals surface area contributed by atoms with Crippen LogP contribution in [0.25, 0.3) is 0 Å².